The topological polar surface area (TPSA) is 25.4 Å². The van der Waals surface area contributed by atoms with Gasteiger partial charge in [-0.25, -0.2) is 0 Å². The number of ether oxygens (including phenoxy) is 1. The summed E-state index contributed by atoms with van der Waals surface area (Å²) in [7, 11) is 20.4. The molecule has 0 aliphatic rings. The number of anilines is 5. The molecule has 58 heavy (non-hydrogen) atoms. The van der Waals surface area contributed by atoms with Crippen LogP contribution in [-0.2, 0) is 21.8 Å². The molecule has 8 heteroatoms. The van der Waals surface area contributed by atoms with Crippen molar-refractivity contribution < 1.29 is 4.74 Å². The van der Waals surface area contributed by atoms with E-state index in [1.54, 1.807) is 0 Å². The first-order valence-corrected chi connectivity index (χ1v) is 22.1. The van der Waals surface area contributed by atoms with E-state index in [0.717, 1.165) is 5.75 Å². The van der Waals surface area contributed by atoms with Gasteiger partial charge in [0, 0.05) is 98.9 Å². The van der Waals surface area contributed by atoms with Crippen molar-refractivity contribution >= 4 is 50.2 Å². The summed E-state index contributed by atoms with van der Waals surface area (Å²) in [5.41, 5.74) is 5.88. The summed E-state index contributed by atoms with van der Waals surface area (Å²) >= 11 is 0. The lowest BCUT2D eigenvalue weighted by molar-refractivity contribution is 0.131. The van der Waals surface area contributed by atoms with E-state index in [-0.39, 0.29) is 27.4 Å². The molecule has 0 fully saturated rings. The molecule has 0 N–H and O–H groups in total. The maximum Gasteiger partial charge on any atom is 0.166 e. The van der Waals surface area contributed by atoms with Crippen LogP contribution in [0.1, 0.15) is 20.8 Å². The SMILES string of the molecule is CN(C)c1ccc([S+](c2ccc(N(C)C)cc2)c2ccc(N(C)C)cc2)cc1.CN(C)c1ccc([S+](c2ccc(OC(C)(C)C)cc2)c2ccc(N(C)C)cc2)cc1. The molecule has 0 atom stereocenters. The molecule has 6 rings (SSSR count). The van der Waals surface area contributed by atoms with Crippen LogP contribution in [-0.4, -0.2) is 76.1 Å². The van der Waals surface area contributed by atoms with Gasteiger partial charge in [-0.15, -0.1) is 0 Å². The van der Waals surface area contributed by atoms with Crippen molar-refractivity contribution in [2.75, 3.05) is 95.0 Å². The molecule has 0 aliphatic heterocycles. The van der Waals surface area contributed by atoms with Crippen LogP contribution < -0.4 is 29.2 Å². The normalized spacial score (nSPS) is 11.2. The summed E-state index contributed by atoms with van der Waals surface area (Å²) in [6.45, 7) is 6.22. The maximum atomic E-state index is 6.02. The van der Waals surface area contributed by atoms with Crippen LogP contribution in [0.2, 0.25) is 0 Å². The Balaban J connectivity index is 0.000000221. The third-order valence-corrected chi connectivity index (χ3v) is 13.9. The van der Waals surface area contributed by atoms with Gasteiger partial charge in [0.05, 0.1) is 21.8 Å². The van der Waals surface area contributed by atoms with Crippen LogP contribution in [0.25, 0.3) is 0 Å². The van der Waals surface area contributed by atoms with Crippen molar-refractivity contribution in [2.45, 2.75) is 55.7 Å². The molecule has 0 aromatic heterocycles. The molecule has 0 radical (unpaired) electrons. The van der Waals surface area contributed by atoms with E-state index in [0.29, 0.717) is 0 Å². The van der Waals surface area contributed by atoms with Gasteiger partial charge in [-0.2, -0.15) is 0 Å². The first-order chi connectivity index (χ1) is 27.5. The van der Waals surface area contributed by atoms with Crippen molar-refractivity contribution in [2.24, 2.45) is 0 Å². The van der Waals surface area contributed by atoms with E-state index < -0.39 is 0 Å². The van der Waals surface area contributed by atoms with Crippen LogP contribution in [0.3, 0.4) is 0 Å². The lowest BCUT2D eigenvalue weighted by atomic mass is 10.2. The average molecular weight is 814 g/mol. The van der Waals surface area contributed by atoms with Crippen molar-refractivity contribution in [3.05, 3.63) is 146 Å². The Morgan fingerprint density at radius 2 is 0.466 bits per heavy atom. The highest BCUT2D eigenvalue weighted by Crippen LogP contribution is 2.36. The zero-order valence-corrected chi connectivity index (χ0v) is 38.5. The molecule has 304 valence electrons. The van der Waals surface area contributed by atoms with Crippen LogP contribution >= 0.6 is 0 Å². The Kier molecular flexibility index (Phi) is 14.8. The number of nitrogens with zero attached hydrogens (tertiary/aromatic N) is 5. The molecule has 0 saturated heterocycles. The second kappa shape index (κ2) is 19.5. The molecule has 0 amide bonds. The van der Waals surface area contributed by atoms with Gasteiger partial charge in [0.1, 0.15) is 11.4 Å². The van der Waals surface area contributed by atoms with Gasteiger partial charge in [-0.3, -0.25) is 0 Å². The molecular weight excluding hydrogens is 751 g/mol. The van der Waals surface area contributed by atoms with Crippen LogP contribution in [0.4, 0.5) is 28.4 Å². The largest absolute Gasteiger partial charge is 0.488 e. The molecule has 0 spiro atoms. The van der Waals surface area contributed by atoms with Crippen molar-refractivity contribution in [3.63, 3.8) is 0 Å². The minimum absolute atomic E-state index is 0.135. The van der Waals surface area contributed by atoms with Gasteiger partial charge in [-0.1, -0.05) is 0 Å². The Bertz CT molecular complexity index is 1970. The predicted octanol–water partition coefficient (Wildman–Crippen LogP) is 11.1. The summed E-state index contributed by atoms with van der Waals surface area (Å²) in [5, 5.41) is 0. The van der Waals surface area contributed by atoms with E-state index in [2.05, 4.69) is 261 Å². The van der Waals surface area contributed by atoms with Crippen LogP contribution in [0, 0.1) is 0 Å². The second-order valence-electron chi connectivity index (χ2n) is 16.2. The standard InChI is InChI=1S/C26H33N2OS.C24H30N3S/c1-26(2,3)29-22-12-18-25(19-13-22)30(23-14-8-20(9-15-23)27(4)5)24-16-10-21(11-17-24)28(6)7;1-25(2)19-7-13-22(14-8-19)28(23-15-9-20(10-16-23)26(3)4)24-17-11-21(12-18-24)27(5)6/h8-19H,1-7H3;7-18H,1-6H3/q2*+1. The zero-order chi connectivity index (χ0) is 42.1. The van der Waals surface area contributed by atoms with Gasteiger partial charge in [-0.05, 0) is 166 Å². The zero-order valence-electron chi connectivity index (χ0n) is 36.8. The van der Waals surface area contributed by atoms with E-state index in [9.17, 15) is 0 Å². The summed E-state index contributed by atoms with van der Waals surface area (Å²) in [5.74, 6) is 0.903. The minimum atomic E-state index is -0.201. The molecule has 0 aliphatic carbocycles. The van der Waals surface area contributed by atoms with Crippen molar-refractivity contribution in [1.29, 1.82) is 0 Å². The Labute approximate surface area is 355 Å². The lowest BCUT2D eigenvalue weighted by Gasteiger charge is -2.21. The molecule has 6 aromatic rings. The number of rotatable bonds is 12. The fourth-order valence-electron chi connectivity index (χ4n) is 6.22. The lowest BCUT2D eigenvalue weighted by Crippen LogP contribution is -2.22. The van der Waals surface area contributed by atoms with Gasteiger partial charge >= 0.3 is 0 Å². The van der Waals surface area contributed by atoms with E-state index in [4.69, 9.17) is 4.74 Å². The summed E-state index contributed by atoms with van der Waals surface area (Å²) < 4.78 is 6.02. The number of hydrogen-bond donors (Lipinski definition) is 0. The Morgan fingerprint density at radius 1 is 0.293 bits per heavy atom. The van der Waals surface area contributed by atoms with Crippen molar-refractivity contribution in [1.82, 2.24) is 0 Å². The molecule has 0 heterocycles. The quantitative estimate of drug-likeness (QED) is 0.114. The monoisotopic (exact) mass is 813 g/mol. The first-order valence-electron chi connectivity index (χ1n) is 19.7. The van der Waals surface area contributed by atoms with Crippen LogP contribution in [0.15, 0.2) is 175 Å². The van der Waals surface area contributed by atoms with E-state index >= 15 is 0 Å². The molecule has 6 aromatic carbocycles. The van der Waals surface area contributed by atoms with Gasteiger partial charge in [0.2, 0.25) is 0 Å². The number of benzene rings is 6. The van der Waals surface area contributed by atoms with Crippen LogP contribution in [0.5, 0.6) is 5.75 Å². The molecule has 6 nitrogen and oxygen atoms in total. The van der Waals surface area contributed by atoms with Crippen molar-refractivity contribution in [3.8, 4) is 5.75 Å². The van der Waals surface area contributed by atoms with Gasteiger partial charge in [0.15, 0.2) is 29.4 Å². The maximum absolute atomic E-state index is 6.02. The summed E-state index contributed by atoms with van der Waals surface area (Å²) in [6.07, 6.45) is 0. The smallest absolute Gasteiger partial charge is 0.166 e. The Hall–Kier alpha value is -5.18. The third-order valence-electron chi connectivity index (χ3n) is 9.43. The number of hydrogen-bond acceptors (Lipinski definition) is 6. The summed E-state index contributed by atoms with van der Waals surface area (Å²) in [6, 6.07) is 53.1. The predicted molar refractivity (Wildman–Crippen MR) is 255 cm³/mol. The average Bonchev–Trinajstić information content (AvgIpc) is 3.19. The minimum Gasteiger partial charge on any atom is -0.488 e. The second-order valence-corrected chi connectivity index (χ2v) is 20.3. The Morgan fingerprint density at radius 3 is 0.621 bits per heavy atom. The fourth-order valence-corrected chi connectivity index (χ4v) is 10.3. The highest BCUT2D eigenvalue weighted by Gasteiger charge is 2.30. The van der Waals surface area contributed by atoms with E-state index in [1.807, 2.05) is 0 Å². The first kappa shape index (κ1) is 43.9. The third kappa shape index (κ3) is 11.7. The molecule has 0 saturated carbocycles. The fraction of sp³-hybridized carbons (Fsp3) is 0.280. The highest BCUT2D eigenvalue weighted by atomic mass is 32.2. The van der Waals surface area contributed by atoms with Gasteiger partial charge < -0.3 is 29.2 Å². The molecule has 0 unspecified atom stereocenters. The van der Waals surface area contributed by atoms with Gasteiger partial charge in [0.25, 0.3) is 0 Å². The summed E-state index contributed by atoms with van der Waals surface area (Å²) in [4.78, 5) is 18.6. The molecule has 0 bridgehead atoms. The highest BCUT2D eigenvalue weighted by molar-refractivity contribution is 7.97. The van der Waals surface area contributed by atoms with E-state index in [1.165, 1.54) is 57.8 Å². The molecular formula is C50H63N5OS2+2.